The molecular formula is C17H26N4O3S. The lowest BCUT2D eigenvalue weighted by Crippen LogP contribution is -2.45. The summed E-state index contributed by atoms with van der Waals surface area (Å²) in [5.41, 5.74) is 0.999. The number of anilines is 1. The largest absolute Gasteiger partial charge is 0.354 e. The summed E-state index contributed by atoms with van der Waals surface area (Å²) in [7, 11) is -0.823. The second-order valence-corrected chi connectivity index (χ2v) is 9.26. The molecule has 25 heavy (non-hydrogen) atoms. The van der Waals surface area contributed by atoms with Gasteiger partial charge in [0.05, 0.1) is 11.5 Å². The molecule has 1 N–H and O–H groups in total. The van der Waals surface area contributed by atoms with Crippen LogP contribution in [0, 0.1) is 5.92 Å². The Bertz CT molecular complexity index is 714. The van der Waals surface area contributed by atoms with Gasteiger partial charge in [0.15, 0.2) is 9.84 Å². The average molecular weight is 366 g/mol. The quantitative estimate of drug-likeness (QED) is 0.806. The summed E-state index contributed by atoms with van der Waals surface area (Å²) in [6.07, 6.45) is 2.65. The molecule has 3 heterocycles. The number of rotatable bonds is 5. The number of pyridine rings is 1. The number of hydrogen-bond acceptors (Lipinski definition) is 6. The van der Waals surface area contributed by atoms with Gasteiger partial charge < -0.3 is 15.1 Å². The first-order valence-electron chi connectivity index (χ1n) is 8.77. The highest BCUT2D eigenvalue weighted by Crippen LogP contribution is 2.22. The maximum Gasteiger partial charge on any atom is 0.220 e. The second kappa shape index (κ2) is 7.70. The fraction of sp³-hybridized carbons (Fsp3) is 0.647. The van der Waals surface area contributed by atoms with Crippen molar-refractivity contribution in [3.8, 4) is 0 Å². The fourth-order valence-electron chi connectivity index (χ4n) is 3.43. The van der Waals surface area contributed by atoms with Crippen molar-refractivity contribution in [3.05, 3.63) is 23.9 Å². The molecule has 1 aromatic heterocycles. The Hall–Kier alpha value is -1.67. The number of nitrogens with zero attached hydrogens (tertiary/aromatic N) is 3. The number of hydrogen-bond donors (Lipinski definition) is 1. The predicted octanol–water partition coefficient (Wildman–Crippen LogP) is 0.274. The minimum absolute atomic E-state index is 0.0454. The van der Waals surface area contributed by atoms with Gasteiger partial charge in [-0.1, -0.05) is 6.07 Å². The summed E-state index contributed by atoms with van der Waals surface area (Å²) in [4.78, 5) is 21.2. The van der Waals surface area contributed by atoms with Crippen LogP contribution in [0.4, 0.5) is 5.82 Å². The molecule has 3 rings (SSSR count). The van der Waals surface area contributed by atoms with E-state index < -0.39 is 9.84 Å². The van der Waals surface area contributed by atoms with E-state index in [-0.39, 0.29) is 29.8 Å². The van der Waals surface area contributed by atoms with E-state index in [0.717, 1.165) is 37.6 Å². The van der Waals surface area contributed by atoms with Crippen LogP contribution in [0.15, 0.2) is 18.3 Å². The maximum atomic E-state index is 12.2. The molecule has 8 heteroatoms. The van der Waals surface area contributed by atoms with Gasteiger partial charge in [0, 0.05) is 50.9 Å². The Morgan fingerprint density at radius 3 is 2.76 bits per heavy atom. The van der Waals surface area contributed by atoms with E-state index in [1.807, 2.05) is 12.1 Å². The third-order valence-electron chi connectivity index (χ3n) is 4.95. The number of sulfone groups is 1. The van der Waals surface area contributed by atoms with Crippen molar-refractivity contribution in [2.24, 2.45) is 5.92 Å². The van der Waals surface area contributed by atoms with Gasteiger partial charge in [0.1, 0.15) is 5.82 Å². The first kappa shape index (κ1) is 18.1. The summed E-state index contributed by atoms with van der Waals surface area (Å²) >= 11 is 0. The van der Waals surface area contributed by atoms with Crippen molar-refractivity contribution in [3.63, 3.8) is 0 Å². The zero-order chi connectivity index (χ0) is 17.9. The molecule has 2 fully saturated rings. The third kappa shape index (κ3) is 4.92. The minimum Gasteiger partial charge on any atom is -0.354 e. The SMILES string of the molecule is CN1CCN(c2ncccc2CNC(=O)C[C@@H]2CCS(=O)(=O)C2)CC1. The van der Waals surface area contributed by atoms with Gasteiger partial charge in [-0.15, -0.1) is 0 Å². The van der Waals surface area contributed by atoms with E-state index in [1.165, 1.54) is 0 Å². The summed E-state index contributed by atoms with van der Waals surface area (Å²) < 4.78 is 23.0. The number of carbonyl (C=O) groups excluding carboxylic acids is 1. The van der Waals surface area contributed by atoms with Crippen molar-refractivity contribution in [2.45, 2.75) is 19.4 Å². The van der Waals surface area contributed by atoms with Gasteiger partial charge in [-0.2, -0.15) is 0 Å². The molecular weight excluding hydrogens is 340 g/mol. The van der Waals surface area contributed by atoms with Crippen LogP contribution < -0.4 is 10.2 Å². The van der Waals surface area contributed by atoms with Crippen molar-refractivity contribution in [2.75, 3.05) is 49.6 Å². The summed E-state index contributed by atoms with van der Waals surface area (Å²) in [5, 5.41) is 2.93. The highest BCUT2D eigenvalue weighted by Gasteiger charge is 2.29. The molecule has 1 amide bonds. The molecule has 138 valence electrons. The van der Waals surface area contributed by atoms with Gasteiger partial charge >= 0.3 is 0 Å². The zero-order valence-corrected chi connectivity index (χ0v) is 15.5. The van der Waals surface area contributed by atoms with Crippen LogP contribution in [0.5, 0.6) is 0 Å². The summed E-state index contributed by atoms with van der Waals surface area (Å²) in [6, 6.07) is 3.87. The van der Waals surface area contributed by atoms with Gasteiger partial charge in [-0.3, -0.25) is 4.79 Å². The molecule has 0 radical (unpaired) electrons. The molecule has 1 atom stereocenters. The molecule has 0 aliphatic carbocycles. The Labute approximate surface area is 149 Å². The van der Waals surface area contributed by atoms with Crippen LogP contribution in [0.25, 0.3) is 0 Å². The van der Waals surface area contributed by atoms with Crippen molar-refractivity contribution < 1.29 is 13.2 Å². The third-order valence-corrected chi connectivity index (χ3v) is 6.78. The van der Waals surface area contributed by atoms with Gasteiger partial charge in [0.2, 0.25) is 5.91 Å². The van der Waals surface area contributed by atoms with Crippen LogP contribution in [0.1, 0.15) is 18.4 Å². The Balaban J connectivity index is 1.55. The fourth-order valence-corrected chi connectivity index (χ4v) is 5.29. The van der Waals surface area contributed by atoms with E-state index in [4.69, 9.17) is 0 Å². The number of nitrogens with one attached hydrogen (secondary N) is 1. The van der Waals surface area contributed by atoms with Crippen LogP contribution in [-0.2, 0) is 21.2 Å². The van der Waals surface area contributed by atoms with Crippen molar-refractivity contribution >= 4 is 21.6 Å². The molecule has 0 aromatic carbocycles. The lowest BCUT2D eigenvalue weighted by atomic mass is 10.0. The average Bonchev–Trinajstić information content (AvgIpc) is 2.92. The molecule has 1 aromatic rings. The number of piperazine rings is 1. The predicted molar refractivity (Wildman–Crippen MR) is 97.2 cm³/mol. The van der Waals surface area contributed by atoms with Gasteiger partial charge in [-0.25, -0.2) is 13.4 Å². The minimum atomic E-state index is -2.93. The number of carbonyl (C=O) groups is 1. The molecule has 0 unspecified atom stereocenters. The summed E-state index contributed by atoms with van der Waals surface area (Å²) in [6.45, 7) is 4.27. The van der Waals surface area contributed by atoms with Crippen LogP contribution in [0.2, 0.25) is 0 Å². The summed E-state index contributed by atoms with van der Waals surface area (Å²) in [5.74, 6) is 1.15. The van der Waals surface area contributed by atoms with E-state index in [2.05, 4.69) is 27.1 Å². The lowest BCUT2D eigenvalue weighted by molar-refractivity contribution is -0.122. The van der Waals surface area contributed by atoms with Gasteiger partial charge in [0.25, 0.3) is 0 Å². The normalized spacial score (nSPS) is 23.6. The van der Waals surface area contributed by atoms with Crippen molar-refractivity contribution in [1.29, 1.82) is 0 Å². The van der Waals surface area contributed by atoms with Crippen LogP contribution >= 0.6 is 0 Å². The zero-order valence-electron chi connectivity index (χ0n) is 14.6. The lowest BCUT2D eigenvalue weighted by Gasteiger charge is -2.34. The van der Waals surface area contributed by atoms with Crippen molar-refractivity contribution in [1.82, 2.24) is 15.2 Å². The van der Waals surface area contributed by atoms with Crippen LogP contribution in [-0.4, -0.2) is 68.9 Å². The molecule has 0 saturated carbocycles. The van der Waals surface area contributed by atoms with Gasteiger partial charge in [-0.05, 0) is 25.5 Å². The Kier molecular flexibility index (Phi) is 5.58. The Morgan fingerprint density at radius 1 is 1.32 bits per heavy atom. The standard InChI is InChI=1S/C17H26N4O3S/c1-20-6-8-21(9-7-20)17-15(3-2-5-18-17)12-19-16(22)11-14-4-10-25(23,24)13-14/h2-3,5,14H,4,6-13H2,1H3,(H,19,22)/t14-/m0/s1. The topological polar surface area (TPSA) is 82.6 Å². The molecule has 2 saturated heterocycles. The first-order chi connectivity index (χ1) is 11.9. The molecule has 0 bridgehead atoms. The monoisotopic (exact) mass is 366 g/mol. The number of likely N-dealkylation sites (N-methyl/N-ethyl adjacent to an activating group) is 1. The first-order valence-corrected chi connectivity index (χ1v) is 10.6. The molecule has 2 aliphatic heterocycles. The van der Waals surface area contributed by atoms with E-state index >= 15 is 0 Å². The maximum absolute atomic E-state index is 12.2. The van der Waals surface area contributed by atoms with E-state index in [9.17, 15) is 13.2 Å². The second-order valence-electron chi connectivity index (χ2n) is 7.03. The van der Waals surface area contributed by atoms with E-state index in [0.29, 0.717) is 13.0 Å². The highest BCUT2D eigenvalue weighted by molar-refractivity contribution is 7.91. The molecule has 7 nitrogen and oxygen atoms in total. The number of amides is 1. The molecule has 2 aliphatic rings. The van der Waals surface area contributed by atoms with E-state index in [1.54, 1.807) is 6.20 Å². The van der Waals surface area contributed by atoms with Crippen LogP contribution in [0.3, 0.4) is 0 Å². The molecule has 0 spiro atoms. The Morgan fingerprint density at radius 2 is 2.08 bits per heavy atom. The highest BCUT2D eigenvalue weighted by atomic mass is 32.2. The number of aromatic nitrogens is 1. The smallest absolute Gasteiger partial charge is 0.220 e.